The Balaban J connectivity index is 1.63. The Morgan fingerprint density at radius 3 is 2.50 bits per heavy atom. The van der Waals surface area contributed by atoms with Crippen LogP contribution >= 0.6 is 0 Å². The lowest BCUT2D eigenvalue weighted by atomic mass is 10.1. The van der Waals surface area contributed by atoms with E-state index in [1.807, 2.05) is 23.9 Å². The lowest BCUT2D eigenvalue weighted by molar-refractivity contribution is 0.318. The molecule has 3 rings (SSSR count). The molecule has 3 aromatic rings. The van der Waals surface area contributed by atoms with Gasteiger partial charge in [-0.3, -0.25) is 4.90 Å². The fraction of sp³-hybridized carbons (Fsp3) is 0.167. The Labute approximate surface area is 129 Å². The van der Waals surface area contributed by atoms with E-state index in [0.717, 1.165) is 24.3 Å². The SMILES string of the molecule is CN(Cc1ccc(-n2ccnc2)cc1)Cc1cccc(F)c1. The summed E-state index contributed by atoms with van der Waals surface area (Å²) in [5.41, 5.74) is 3.30. The third-order valence-corrected chi connectivity index (χ3v) is 3.53. The van der Waals surface area contributed by atoms with Gasteiger partial charge in [-0.15, -0.1) is 0 Å². The molecule has 4 heteroatoms. The van der Waals surface area contributed by atoms with Gasteiger partial charge in [0.05, 0.1) is 6.33 Å². The summed E-state index contributed by atoms with van der Waals surface area (Å²) in [7, 11) is 2.04. The second-order valence-electron chi connectivity index (χ2n) is 5.44. The van der Waals surface area contributed by atoms with Crippen molar-refractivity contribution >= 4 is 0 Å². The Morgan fingerprint density at radius 2 is 1.82 bits per heavy atom. The average molecular weight is 295 g/mol. The largest absolute Gasteiger partial charge is 0.306 e. The monoisotopic (exact) mass is 295 g/mol. The van der Waals surface area contributed by atoms with Gasteiger partial charge in [0.15, 0.2) is 0 Å². The highest BCUT2D eigenvalue weighted by Gasteiger charge is 2.03. The molecule has 0 aliphatic carbocycles. The molecule has 0 fully saturated rings. The van der Waals surface area contributed by atoms with Gasteiger partial charge >= 0.3 is 0 Å². The maximum absolute atomic E-state index is 13.2. The lowest BCUT2D eigenvalue weighted by Crippen LogP contribution is -2.17. The number of rotatable bonds is 5. The van der Waals surface area contributed by atoms with Gasteiger partial charge in [0.25, 0.3) is 0 Å². The van der Waals surface area contributed by atoms with Gasteiger partial charge < -0.3 is 4.57 Å². The normalized spacial score (nSPS) is 11.0. The van der Waals surface area contributed by atoms with Crippen LogP contribution in [0.2, 0.25) is 0 Å². The van der Waals surface area contributed by atoms with Gasteiger partial charge in [-0.1, -0.05) is 24.3 Å². The first kappa shape index (κ1) is 14.5. The highest BCUT2D eigenvalue weighted by atomic mass is 19.1. The predicted octanol–water partition coefficient (Wildman–Crippen LogP) is 3.64. The minimum absolute atomic E-state index is 0.185. The molecule has 2 aromatic carbocycles. The number of imidazole rings is 1. The molecule has 0 aliphatic rings. The van der Waals surface area contributed by atoms with Crippen LogP contribution in [-0.2, 0) is 13.1 Å². The highest BCUT2D eigenvalue weighted by Crippen LogP contribution is 2.12. The molecule has 3 nitrogen and oxygen atoms in total. The molecule has 0 unspecified atom stereocenters. The van der Waals surface area contributed by atoms with Crippen molar-refractivity contribution < 1.29 is 4.39 Å². The molecule has 112 valence electrons. The van der Waals surface area contributed by atoms with Gasteiger partial charge in [0.2, 0.25) is 0 Å². The van der Waals surface area contributed by atoms with Crippen LogP contribution in [0.3, 0.4) is 0 Å². The van der Waals surface area contributed by atoms with Crippen molar-refractivity contribution in [2.75, 3.05) is 7.05 Å². The van der Waals surface area contributed by atoms with E-state index in [2.05, 4.69) is 34.1 Å². The number of benzene rings is 2. The van der Waals surface area contributed by atoms with Crippen molar-refractivity contribution in [1.29, 1.82) is 0 Å². The topological polar surface area (TPSA) is 21.1 Å². The summed E-state index contributed by atoms with van der Waals surface area (Å²) in [5, 5.41) is 0. The van der Waals surface area contributed by atoms with Crippen molar-refractivity contribution in [3.05, 3.63) is 84.2 Å². The van der Waals surface area contributed by atoms with E-state index >= 15 is 0 Å². The lowest BCUT2D eigenvalue weighted by Gasteiger charge is -2.17. The van der Waals surface area contributed by atoms with Crippen LogP contribution in [0.1, 0.15) is 11.1 Å². The summed E-state index contributed by atoms with van der Waals surface area (Å²) in [5.74, 6) is -0.185. The van der Waals surface area contributed by atoms with Crippen LogP contribution in [0.5, 0.6) is 0 Å². The minimum Gasteiger partial charge on any atom is -0.306 e. The van der Waals surface area contributed by atoms with Crippen molar-refractivity contribution in [2.24, 2.45) is 0 Å². The van der Waals surface area contributed by atoms with Crippen LogP contribution in [0.15, 0.2) is 67.3 Å². The quantitative estimate of drug-likeness (QED) is 0.716. The van der Waals surface area contributed by atoms with Gasteiger partial charge in [-0.05, 0) is 42.4 Å². The zero-order valence-corrected chi connectivity index (χ0v) is 12.5. The summed E-state index contributed by atoms with van der Waals surface area (Å²) >= 11 is 0. The minimum atomic E-state index is -0.185. The summed E-state index contributed by atoms with van der Waals surface area (Å²) in [6.45, 7) is 1.54. The Morgan fingerprint density at radius 1 is 1.05 bits per heavy atom. The zero-order chi connectivity index (χ0) is 15.4. The van der Waals surface area contributed by atoms with Crippen LogP contribution in [0, 0.1) is 5.82 Å². The van der Waals surface area contributed by atoms with Crippen molar-refractivity contribution in [1.82, 2.24) is 14.5 Å². The maximum atomic E-state index is 13.2. The molecule has 0 radical (unpaired) electrons. The molecule has 0 N–H and O–H groups in total. The molecular weight excluding hydrogens is 277 g/mol. The Kier molecular flexibility index (Phi) is 4.30. The number of aromatic nitrogens is 2. The maximum Gasteiger partial charge on any atom is 0.123 e. The third-order valence-electron chi connectivity index (χ3n) is 3.53. The van der Waals surface area contributed by atoms with E-state index in [4.69, 9.17) is 0 Å². The first-order chi connectivity index (χ1) is 10.7. The Bertz CT molecular complexity index is 720. The number of halogens is 1. The van der Waals surface area contributed by atoms with Gasteiger partial charge in [0.1, 0.15) is 5.82 Å². The first-order valence-corrected chi connectivity index (χ1v) is 7.21. The number of hydrogen-bond acceptors (Lipinski definition) is 2. The van der Waals surface area contributed by atoms with E-state index in [9.17, 15) is 4.39 Å². The second-order valence-corrected chi connectivity index (χ2v) is 5.44. The fourth-order valence-electron chi connectivity index (χ4n) is 2.50. The van der Waals surface area contributed by atoms with E-state index in [0.29, 0.717) is 0 Å². The van der Waals surface area contributed by atoms with Gasteiger partial charge in [0, 0.05) is 31.2 Å². The molecule has 0 spiro atoms. The van der Waals surface area contributed by atoms with Crippen LogP contribution in [-0.4, -0.2) is 21.5 Å². The molecule has 0 amide bonds. The summed E-state index contributed by atoms with van der Waals surface area (Å²) in [6, 6.07) is 15.1. The number of hydrogen-bond donors (Lipinski definition) is 0. The molecule has 0 atom stereocenters. The molecule has 1 aromatic heterocycles. The third kappa shape index (κ3) is 3.59. The molecule has 22 heavy (non-hydrogen) atoms. The second kappa shape index (κ2) is 6.54. The van der Waals surface area contributed by atoms with Gasteiger partial charge in [-0.2, -0.15) is 0 Å². The molecular formula is C18H18FN3. The van der Waals surface area contributed by atoms with Crippen molar-refractivity contribution in [3.8, 4) is 5.69 Å². The van der Waals surface area contributed by atoms with Crippen LogP contribution < -0.4 is 0 Å². The van der Waals surface area contributed by atoms with Crippen molar-refractivity contribution in [2.45, 2.75) is 13.1 Å². The van der Waals surface area contributed by atoms with E-state index in [-0.39, 0.29) is 5.82 Å². The fourth-order valence-corrected chi connectivity index (χ4v) is 2.50. The number of nitrogens with zero attached hydrogens (tertiary/aromatic N) is 3. The molecule has 0 aliphatic heterocycles. The molecule has 0 saturated heterocycles. The van der Waals surface area contributed by atoms with Crippen LogP contribution in [0.4, 0.5) is 4.39 Å². The molecule has 0 saturated carbocycles. The van der Waals surface area contributed by atoms with Crippen molar-refractivity contribution in [3.63, 3.8) is 0 Å². The molecule has 0 bridgehead atoms. The van der Waals surface area contributed by atoms with Crippen LogP contribution in [0.25, 0.3) is 5.69 Å². The summed E-state index contributed by atoms with van der Waals surface area (Å²) in [6.07, 6.45) is 5.47. The first-order valence-electron chi connectivity index (χ1n) is 7.21. The van der Waals surface area contributed by atoms with E-state index < -0.39 is 0 Å². The summed E-state index contributed by atoms with van der Waals surface area (Å²) in [4.78, 5) is 6.22. The standard InChI is InChI=1S/C18H18FN3/c1-21(13-16-3-2-4-17(19)11-16)12-15-5-7-18(8-6-15)22-10-9-20-14-22/h2-11,14H,12-13H2,1H3. The predicted molar refractivity (Wildman–Crippen MR) is 85.1 cm³/mol. The smallest absolute Gasteiger partial charge is 0.123 e. The Hall–Kier alpha value is -2.46. The van der Waals surface area contributed by atoms with Gasteiger partial charge in [-0.25, -0.2) is 9.37 Å². The molecule has 1 heterocycles. The van der Waals surface area contributed by atoms with E-state index in [1.165, 1.54) is 11.6 Å². The zero-order valence-electron chi connectivity index (χ0n) is 12.5. The highest BCUT2D eigenvalue weighted by molar-refractivity contribution is 5.34. The summed E-state index contributed by atoms with van der Waals surface area (Å²) < 4.78 is 15.2. The van der Waals surface area contributed by atoms with E-state index in [1.54, 1.807) is 24.7 Å². The average Bonchev–Trinajstić information content (AvgIpc) is 3.02.